The van der Waals surface area contributed by atoms with Gasteiger partial charge in [0, 0.05) is 5.56 Å². The van der Waals surface area contributed by atoms with Crippen LogP contribution in [-0.2, 0) is 6.54 Å². The van der Waals surface area contributed by atoms with Crippen molar-refractivity contribution in [2.45, 2.75) is 6.54 Å². The number of aromatic nitrogens is 2. The summed E-state index contributed by atoms with van der Waals surface area (Å²) in [5.41, 5.74) is 0.999. The van der Waals surface area contributed by atoms with Crippen molar-refractivity contribution in [1.29, 1.82) is 0 Å². The highest BCUT2D eigenvalue weighted by Gasteiger charge is 2.10. The van der Waals surface area contributed by atoms with Gasteiger partial charge < -0.3 is 9.84 Å². The van der Waals surface area contributed by atoms with Gasteiger partial charge in [0.25, 0.3) is 0 Å². The summed E-state index contributed by atoms with van der Waals surface area (Å²) in [6.45, 7) is 0.581. The van der Waals surface area contributed by atoms with Gasteiger partial charge in [-0.25, -0.2) is 0 Å². The van der Waals surface area contributed by atoms with E-state index in [0.717, 1.165) is 10.9 Å². The third-order valence-electron chi connectivity index (χ3n) is 2.83. The van der Waals surface area contributed by atoms with E-state index >= 15 is 0 Å². The summed E-state index contributed by atoms with van der Waals surface area (Å²) < 4.78 is 5.18. The van der Waals surface area contributed by atoms with E-state index in [2.05, 4.69) is 33.7 Å². The lowest BCUT2D eigenvalue weighted by Gasteiger charge is -2.01. The van der Waals surface area contributed by atoms with Crippen LogP contribution < -0.4 is 5.32 Å². The molecule has 2 aromatic carbocycles. The second-order valence-electron chi connectivity index (χ2n) is 4.07. The van der Waals surface area contributed by atoms with Gasteiger partial charge in [-0.2, -0.15) is 4.98 Å². The Bertz CT molecular complexity index is 670. The van der Waals surface area contributed by atoms with Crippen molar-refractivity contribution in [1.82, 2.24) is 15.5 Å². The van der Waals surface area contributed by atoms with Gasteiger partial charge in [0.2, 0.25) is 11.7 Å². The first-order chi connectivity index (χ1) is 8.88. The average Bonchev–Trinajstić information content (AvgIpc) is 2.87. The molecule has 3 rings (SSSR count). The maximum atomic E-state index is 5.18. The minimum atomic E-state index is 0.581. The van der Waals surface area contributed by atoms with E-state index in [1.165, 1.54) is 5.39 Å². The molecular formula is C14H13N3O. The van der Waals surface area contributed by atoms with Crippen molar-refractivity contribution in [3.05, 3.63) is 48.4 Å². The molecule has 0 atom stereocenters. The standard InChI is InChI=1S/C14H13N3O/c1-15-9-13-16-14(17-18-13)12-8-4-6-10-5-2-3-7-11(10)12/h2-8,15H,9H2,1H3. The topological polar surface area (TPSA) is 51.0 Å². The first-order valence-electron chi connectivity index (χ1n) is 5.84. The number of fused-ring (bicyclic) bond motifs is 1. The number of benzene rings is 2. The molecule has 0 unspecified atom stereocenters. The van der Waals surface area contributed by atoms with Gasteiger partial charge in [-0.3, -0.25) is 0 Å². The fourth-order valence-electron chi connectivity index (χ4n) is 2.01. The zero-order chi connectivity index (χ0) is 12.4. The van der Waals surface area contributed by atoms with Gasteiger partial charge >= 0.3 is 0 Å². The first kappa shape index (κ1) is 10.9. The smallest absolute Gasteiger partial charge is 0.240 e. The fourth-order valence-corrected chi connectivity index (χ4v) is 2.01. The summed E-state index contributed by atoms with van der Waals surface area (Å²) >= 11 is 0. The summed E-state index contributed by atoms with van der Waals surface area (Å²) in [4.78, 5) is 4.38. The molecule has 0 saturated heterocycles. The van der Waals surface area contributed by atoms with Crippen LogP contribution in [0, 0.1) is 0 Å². The molecule has 0 radical (unpaired) electrons. The lowest BCUT2D eigenvalue weighted by Crippen LogP contribution is -2.04. The lowest BCUT2D eigenvalue weighted by atomic mass is 10.0. The van der Waals surface area contributed by atoms with Crippen LogP contribution >= 0.6 is 0 Å². The van der Waals surface area contributed by atoms with Crippen molar-refractivity contribution in [3.8, 4) is 11.4 Å². The molecule has 0 spiro atoms. The van der Waals surface area contributed by atoms with Crippen molar-refractivity contribution in [2.24, 2.45) is 0 Å². The summed E-state index contributed by atoms with van der Waals surface area (Å²) in [6.07, 6.45) is 0. The zero-order valence-corrected chi connectivity index (χ0v) is 10.1. The van der Waals surface area contributed by atoms with Crippen LogP contribution in [0.4, 0.5) is 0 Å². The van der Waals surface area contributed by atoms with E-state index in [9.17, 15) is 0 Å². The SMILES string of the molecule is CNCc1nc(-c2cccc3ccccc23)no1. The predicted octanol–water partition coefficient (Wildman–Crippen LogP) is 2.61. The van der Waals surface area contributed by atoms with Crippen molar-refractivity contribution in [2.75, 3.05) is 7.05 Å². The minimum Gasteiger partial charge on any atom is -0.338 e. The molecule has 90 valence electrons. The predicted molar refractivity (Wildman–Crippen MR) is 70.0 cm³/mol. The summed E-state index contributed by atoms with van der Waals surface area (Å²) in [5, 5.41) is 9.33. The van der Waals surface area contributed by atoms with Crippen LogP contribution in [0.2, 0.25) is 0 Å². The lowest BCUT2D eigenvalue weighted by molar-refractivity contribution is 0.372. The summed E-state index contributed by atoms with van der Waals surface area (Å²) in [6, 6.07) is 14.3. The number of hydrogen-bond donors (Lipinski definition) is 1. The molecule has 0 aliphatic carbocycles. The van der Waals surface area contributed by atoms with Crippen LogP contribution in [0.5, 0.6) is 0 Å². The molecule has 18 heavy (non-hydrogen) atoms. The Hall–Kier alpha value is -2.20. The van der Waals surface area contributed by atoms with E-state index in [0.29, 0.717) is 18.3 Å². The van der Waals surface area contributed by atoms with E-state index in [-0.39, 0.29) is 0 Å². The molecule has 0 amide bonds. The quantitative estimate of drug-likeness (QED) is 0.763. The van der Waals surface area contributed by atoms with Gasteiger partial charge in [0.1, 0.15) is 0 Å². The fraction of sp³-hybridized carbons (Fsp3) is 0.143. The van der Waals surface area contributed by atoms with Crippen LogP contribution in [-0.4, -0.2) is 17.2 Å². The minimum absolute atomic E-state index is 0.581. The van der Waals surface area contributed by atoms with Crippen molar-refractivity contribution in [3.63, 3.8) is 0 Å². The number of nitrogens with one attached hydrogen (secondary N) is 1. The van der Waals surface area contributed by atoms with Crippen LogP contribution in [0.1, 0.15) is 5.89 Å². The van der Waals surface area contributed by atoms with Gasteiger partial charge in [-0.05, 0) is 17.8 Å². The maximum absolute atomic E-state index is 5.18. The molecule has 0 fully saturated rings. The van der Waals surface area contributed by atoms with Crippen molar-refractivity contribution < 1.29 is 4.52 Å². The summed E-state index contributed by atoms with van der Waals surface area (Å²) in [7, 11) is 1.85. The first-order valence-corrected chi connectivity index (χ1v) is 5.84. The van der Waals surface area contributed by atoms with Crippen LogP contribution in [0.25, 0.3) is 22.2 Å². The molecule has 3 aromatic rings. The molecule has 4 heteroatoms. The van der Waals surface area contributed by atoms with Crippen LogP contribution in [0.15, 0.2) is 47.0 Å². The highest BCUT2D eigenvalue weighted by molar-refractivity contribution is 5.94. The summed E-state index contributed by atoms with van der Waals surface area (Å²) in [5.74, 6) is 1.23. The van der Waals surface area contributed by atoms with Gasteiger partial charge in [-0.1, -0.05) is 47.6 Å². The highest BCUT2D eigenvalue weighted by atomic mass is 16.5. The molecule has 0 aliphatic rings. The maximum Gasteiger partial charge on any atom is 0.240 e. The van der Waals surface area contributed by atoms with Gasteiger partial charge in [0.15, 0.2) is 0 Å². The monoisotopic (exact) mass is 239 g/mol. The Balaban J connectivity index is 2.12. The van der Waals surface area contributed by atoms with Crippen LogP contribution in [0.3, 0.4) is 0 Å². The molecule has 1 aromatic heterocycles. The Labute approximate surface area is 105 Å². The molecule has 0 bridgehead atoms. The molecule has 0 saturated carbocycles. The van der Waals surface area contributed by atoms with E-state index in [4.69, 9.17) is 4.52 Å². The average molecular weight is 239 g/mol. The number of hydrogen-bond acceptors (Lipinski definition) is 4. The third kappa shape index (κ3) is 1.87. The number of nitrogens with zero attached hydrogens (tertiary/aromatic N) is 2. The largest absolute Gasteiger partial charge is 0.338 e. The van der Waals surface area contributed by atoms with Gasteiger partial charge in [-0.15, -0.1) is 0 Å². The van der Waals surface area contributed by atoms with E-state index in [1.807, 2.05) is 31.3 Å². The molecule has 1 N–H and O–H groups in total. The Morgan fingerprint density at radius 2 is 1.94 bits per heavy atom. The Kier molecular flexibility index (Phi) is 2.78. The normalized spacial score (nSPS) is 10.9. The molecular weight excluding hydrogens is 226 g/mol. The van der Waals surface area contributed by atoms with E-state index < -0.39 is 0 Å². The number of rotatable bonds is 3. The molecule has 4 nitrogen and oxygen atoms in total. The molecule has 0 aliphatic heterocycles. The second kappa shape index (κ2) is 4.58. The second-order valence-corrected chi connectivity index (χ2v) is 4.07. The van der Waals surface area contributed by atoms with Crippen molar-refractivity contribution >= 4 is 10.8 Å². The van der Waals surface area contributed by atoms with E-state index in [1.54, 1.807) is 0 Å². The zero-order valence-electron chi connectivity index (χ0n) is 10.1. The Morgan fingerprint density at radius 1 is 1.11 bits per heavy atom. The highest BCUT2D eigenvalue weighted by Crippen LogP contribution is 2.26. The third-order valence-corrected chi connectivity index (χ3v) is 2.83. The molecule has 1 heterocycles. The Morgan fingerprint density at radius 3 is 2.83 bits per heavy atom. The van der Waals surface area contributed by atoms with Gasteiger partial charge in [0.05, 0.1) is 6.54 Å².